The summed E-state index contributed by atoms with van der Waals surface area (Å²) >= 11 is 0. The van der Waals surface area contributed by atoms with Crippen LogP contribution in [0.5, 0.6) is 0 Å². The van der Waals surface area contributed by atoms with E-state index in [1.807, 2.05) is 0 Å². The molecule has 1 heterocycles. The van der Waals surface area contributed by atoms with Crippen LogP contribution in [0.25, 0.3) is 0 Å². The van der Waals surface area contributed by atoms with Crippen molar-refractivity contribution in [2.45, 2.75) is 16.9 Å². The lowest BCUT2D eigenvalue weighted by Crippen LogP contribution is -2.46. The Morgan fingerprint density at radius 3 is 2.67 bits per heavy atom. The topological polar surface area (TPSA) is 105 Å². The van der Waals surface area contributed by atoms with Crippen molar-refractivity contribution in [2.24, 2.45) is 0 Å². The first-order valence-corrected chi connectivity index (χ1v) is 8.01. The second-order valence-electron chi connectivity index (χ2n) is 4.94. The van der Waals surface area contributed by atoms with Gasteiger partial charge in [0.15, 0.2) is 0 Å². The zero-order valence-electron chi connectivity index (χ0n) is 11.4. The van der Waals surface area contributed by atoms with Gasteiger partial charge in [-0.1, -0.05) is 18.2 Å². The standard InChI is InChI=1S/C13H18N2O5S/c16-12(14-9-13(17)6-7-20-10-13)8-15-21(18,19)11-4-2-1-3-5-11/h1-5,15,17H,6-10H2,(H,14,16). The Morgan fingerprint density at radius 2 is 2.05 bits per heavy atom. The van der Waals surface area contributed by atoms with E-state index in [9.17, 15) is 18.3 Å². The number of carbonyl (C=O) groups is 1. The molecule has 1 atom stereocenters. The fourth-order valence-electron chi connectivity index (χ4n) is 1.91. The van der Waals surface area contributed by atoms with Crippen LogP contribution < -0.4 is 10.0 Å². The molecule has 1 fully saturated rings. The van der Waals surface area contributed by atoms with Gasteiger partial charge in [-0.15, -0.1) is 0 Å². The molecule has 2 rings (SSSR count). The van der Waals surface area contributed by atoms with E-state index >= 15 is 0 Å². The number of nitrogens with one attached hydrogen (secondary N) is 2. The van der Waals surface area contributed by atoms with Crippen LogP contribution in [0.2, 0.25) is 0 Å². The van der Waals surface area contributed by atoms with Gasteiger partial charge in [0, 0.05) is 19.6 Å². The summed E-state index contributed by atoms with van der Waals surface area (Å²) < 4.78 is 31.1. The van der Waals surface area contributed by atoms with E-state index in [1.54, 1.807) is 18.2 Å². The van der Waals surface area contributed by atoms with Gasteiger partial charge in [-0.05, 0) is 12.1 Å². The normalized spacial score (nSPS) is 22.1. The van der Waals surface area contributed by atoms with Gasteiger partial charge in [-0.3, -0.25) is 4.79 Å². The number of hydrogen-bond acceptors (Lipinski definition) is 5. The molecular weight excluding hydrogens is 296 g/mol. The van der Waals surface area contributed by atoms with Crippen molar-refractivity contribution in [3.05, 3.63) is 30.3 Å². The maximum atomic E-state index is 11.9. The quantitative estimate of drug-likeness (QED) is 0.640. The third-order valence-electron chi connectivity index (χ3n) is 3.17. The van der Waals surface area contributed by atoms with Crippen LogP contribution in [0.15, 0.2) is 35.2 Å². The second-order valence-corrected chi connectivity index (χ2v) is 6.71. The molecule has 1 aromatic carbocycles. The second kappa shape index (κ2) is 6.52. The van der Waals surface area contributed by atoms with Gasteiger partial charge in [0.2, 0.25) is 15.9 Å². The zero-order valence-corrected chi connectivity index (χ0v) is 12.2. The van der Waals surface area contributed by atoms with E-state index in [2.05, 4.69) is 10.0 Å². The molecule has 1 aliphatic heterocycles. The smallest absolute Gasteiger partial charge is 0.241 e. The molecule has 1 unspecified atom stereocenters. The highest BCUT2D eigenvalue weighted by atomic mass is 32.2. The first-order valence-electron chi connectivity index (χ1n) is 6.53. The lowest BCUT2D eigenvalue weighted by molar-refractivity contribution is -0.121. The molecule has 1 saturated heterocycles. The van der Waals surface area contributed by atoms with Crippen LogP contribution in [-0.2, 0) is 19.6 Å². The number of sulfonamides is 1. The Bertz CT molecular complexity index is 582. The lowest BCUT2D eigenvalue weighted by Gasteiger charge is -2.20. The molecule has 0 aromatic heterocycles. The van der Waals surface area contributed by atoms with Crippen molar-refractivity contribution in [1.29, 1.82) is 0 Å². The molecule has 0 spiro atoms. The number of ether oxygens (including phenoxy) is 1. The largest absolute Gasteiger partial charge is 0.386 e. The average molecular weight is 314 g/mol. The third-order valence-corrected chi connectivity index (χ3v) is 4.59. The van der Waals surface area contributed by atoms with Gasteiger partial charge in [-0.2, -0.15) is 0 Å². The van der Waals surface area contributed by atoms with Crippen molar-refractivity contribution in [3.8, 4) is 0 Å². The van der Waals surface area contributed by atoms with E-state index in [4.69, 9.17) is 4.74 Å². The molecule has 1 amide bonds. The van der Waals surface area contributed by atoms with E-state index in [0.29, 0.717) is 13.0 Å². The number of carbonyl (C=O) groups excluding carboxylic acids is 1. The molecule has 3 N–H and O–H groups in total. The Kier molecular flexibility index (Phi) is 4.94. The minimum absolute atomic E-state index is 0.0406. The first-order chi connectivity index (χ1) is 9.91. The summed E-state index contributed by atoms with van der Waals surface area (Å²) in [5.41, 5.74) is -1.06. The highest BCUT2D eigenvalue weighted by Crippen LogP contribution is 2.16. The monoisotopic (exact) mass is 314 g/mol. The predicted molar refractivity (Wildman–Crippen MR) is 75.0 cm³/mol. The van der Waals surface area contributed by atoms with E-state index in [0.717, 1.165) is 0 Å². The summed E-state index contributed by atoms with van der Waals surface area (Å²) in [6.07, 6.45) is 0.447. The number of amides is 1. The Morgan fingerprint density at radius 1 is 1.33 bits per heavy atom. The Balaban J connectivity index is 1.81. The van der Waals surface area contributed by atoms with Gasteiger partial charge < -0.3 is 15.2 Å². The molecule has 0 saturated carbocycles. The molecule has 1 aromatic rings. The van der Waals surface area contributed by atoms with E-state index < -0.39 is 21.5 Å². The summed E-state index contributed by atoms with van der Waals surface area (Å²) in [5.74, 6) is -0.505. The number of aliphatic hydroxyl groups is 1. The first kappa shape index (κ1) is 15.9. The highest BCUT2D eigenvalue weighted by Gasteiger charge is 2.32. The molecule has 0 aliphatic carbocycles. The highest BCUT2D eigenvalue weighted by molar-refractivity contribution is 7.89. The molecular formula is C13H18N2O5S. The maximum Gasteiger partial charge on any atom is 0.241 e. The van der Waals surface area contributed by atoms with Crippen LogP contribution in [0.1, 0.15) is 6.42 Å². The Labute approximate surface area is 123 Å². The van der Waals surface area contributed by atoms with Crippen LogP contribution in [-0.4, -0.2) is 51.3 Å². The average Bonchev–Trinajstić information content (AvgIpc) is 2.91. The van der Waals surface area contributed by atoms with Crippen molar-refractivity contribution in [2.75, 3.05) is 26.3 Å². The van der Waals surface area contributed by atoms with Gasteiger partial charge >= 0.3 is 0 Å². The molecule has 21 heavy (non-hydrogen) atoms. The van der Waals surface area contributed by atoms with Gasteiger partial charge in [0.05, 0.1) is 18.0 Å². The van der Waals surface area contributed by atoms with Gasteiger partial charge in [0.1, 0.15) is 5.60 Å². The van der Waals surface area contributed by atoms with Crippen molar-refractivity contribution in [1.82, 2.24) is 10.0 Å². The molecule has 7 nitrogen and oxygen atoms in total. The van der Waals surface area contributed by atoms with E-state index in [-0.39, 0.29) is 24.6 Å². The summed E-state index contributed by atoms with van der Waals surface area (Å²) in [5, 5.41) is 12.5. The molecule has 1 aliphatic rings. The molecule has 0 bridgehead atoms. The molecule has 116 valence electrons. The van der Waals surface area contributed by atoms with Crippen LogP contribution in [0.4, 0.5) is 0 Å². The van der Waals surface area contributed by atoms with Crippen LogP contribution >= 0.6 is 0 Å². The number of hydrogen-bond donors (Lipinski definition) is 3. The SMILES string of the molecule is O=C(CNS(=O)(=O)c1ccccc1)NCC1(O)CCOC1. The Hall–Kier alpha value is -1.48. The minimum Gasteiger partial charge on any atom is -0.386 e. The van der Waals surface area contributed by atoms with Crippen LogP contribution in [0, 0.1) is 0 Å². The summed E-state index contributed by atoms with van der Waals surface area (Å²) in [6.45, 7) is 0.281. The maximum absolute atomic E-state index is 11.9. The third kappa shape index (κ3) is 4.50. The fraction of sp³-hybridized carbons (Fsp3) is 0.462. The van der Waals surface area contributed by atoms with Gasteiger partial charge in [-0.25, -0.2) is 13.1 Å². The number of rotatable bonds is 6. The van der Waals surface area contributed by atoms with Crippen molar-refractivity contribution in [3.63, 3.8) is 0 Å². The van der Waals surface area contributed by atoms with Crippen molar-refractivity contribution >= 4 is 15.9 Å². The number of benzene rings is 1. The fourth-order valence-corrected chi connectivity index (χ4v) is 2.91. The molecule has 8 heteroatoms. The van der Waals surface area contributed by atoms with E-state index in [1.165, 1.54) is 12.1 Å². The summed E-state index contributed by atoms with van der Waals surface area (Å²) in [6, 6.07) is 7.79. The predicted octanol–water partition coefficient (Wildman–Crippen LogP) is -0.767. The molecule has 0 radical (unpaired) electrons. The zero-order chi connectivity index (χ0) is 15.3. The van der Waals surface area contributed by atoms with Gasteiger partial charge in [0.25, 0.3) is 0 Å². The summed E-state index contributed by atoms with van der Waals surface area (Å²) in [4.78, 5) is 11.7. The van der Waals surface area contributed by atoms with Crippen molar-refractivity contribution < 1.29 is 23.1 Å². The van der Waals surface area contributed by atoms with Crippen LogP contribution in [0.3, 0.4) is 0 Å². The summed E-state index contributed by atoms with van der Waals surface area (Å²) in [7, 11) is -3.71. The lowest BCUT2D eigenvalue weighted by atomic mass is 10.0. The minimum atomic E-state index is -3.71.